The van der Waals surface area contributed by atoms with Crippen LogP contribution in [0.3, 0.4) is 0 Å². The van der Waals surface area contributed by atoms with Gasteiger partial charge in [-0.05, 0) is 85.4 Å². The molecule has 0 bridgehead atoms. The molecule has 0 nitrogen and oxygen atoms in total. The van der Waals surface area contributed by atoms with E-state index in [0.29, 0.717) is 0 Å². The van der Waals surface area contributed by atoms with Gasteiger partial charge in [-0.3, -0.25) is 0 Å². The minimum absolute atomic E-state index is 1.02. The van der Waals surface area contributed by atoms with E-state index in [4.69, 9.17) is 0 Å². The van der Waals surface area contributed by atoms with E-state index in [1.54, 1.807) is 51.4 Å². The van der Waals surface area contributed by atoms with E-state index in [0.717, 1.165) is 53.3 Å². The Balaban J connectivity index is 0.000000349. The number of hydrogen-bond acceptors (Lipinski definition) is 0. The SMILES string of the molecule is CC.CC.CC1CCC(C2CCCC(C3CCCCC3C)CC2)CC1.CC1CCCCC1.CC1CCCCC1.CC1CCCCCC1. The molecular weight excluding hydrogens is 565 g/mol. The topological polar surface area (TPSA) is 0 Å². The molecule has 0 aromatic heterocycles. The van der Waals surface area contributed by atoms with E-state index in [-0.39, 0.29) is 0 Å². The van der Waals surface area contributed by atoms with Crippen LogP contribution in [0.1, 0.15) is 249 Å². The summed E-state index contributed by atoms with van der Waals surface area (Å²) in [5, 5.41) is 0. The van der Waals surface area contributed by atoms with E-state index >= 15 is 0 Å². The molecule has 0 spiro atoms. The third-order valence-electron chi connectivity index (χ3n) is 13.5. The molecule has 0 aromatic rings. The second-order valence-electron chi connectivity index (χ2n) is 17.6. The zero-order chi connectivity index (χ0) is 34.7. The van der Waals surface area contributed by atoms with Gasteiger partial charge in [-0.25, -0.2) is 0 Å². The van der Waals surface area contributed by atoms with E-state index in [1.807, 2.05) is 27.7 Å². The summed E-state index contributed by atoms with van der Waals surface area (Å²) in [6, 6.07) is 0. The van der Waals surface area contributed by atoms with Crippen molar-refractivity contribution in [3.8, 4) is 0 Å². The third kappa shape index (κ3) is 21.1. The molecule has 6 saturated carbocycles. The summed E-state index contributed by atoms with van der Waals surface area (Å²) in [5.41, 5.74) is 0. The highest BCUT2D eigenvalue weighted by Gasteiger charge is 2.33. The maximum absolute atomic E-state index is 2.55. The maximum atomic E-state index is 2.55. The smallest absolute Gasteiger partial charge is 0.0360 e. The van der Waals surface area contributed by atoms with Crippen molar-refractivity contribution in [3.05, 3.63) is 0 Å². The molecule has 6 aliphatic carbocycles. The number of rotatable bonds is 2. The van der Waals surface area contributed by atoms with Gasteiger partial charge in [-0.2, -0.15) is 0 Å². The predicted octanol–water partition coefficient (Wildman–Crippen LogP) is 17.0. The fraction of sp³-hybridized carbons (Fsp3) is 1.00. The fourth-order valence-electron chi connectivity index (χ4n) is 10.2. The highest BCUT2D eigenvalue weighted by Crippen LogP contribution is 2.45. The van der Waals surface area contributed by atoms with Gasteiger partial charge in [-0.15, -0.1) is 0 Å². The molecule has 0 saturated heterocycles. The van der Waals surface area contributed by atoms with Crippen LogP contribution in [-0.4, -0.2) is 0 Å². The molecule has 6 aliphatic rings. The van der Waals surface area contributed by atoms with Crippen LogP contribution >= 0.6 is 0 Å². The average molecular weight is 659 g/mol. The van der Waals surface area contributed by atoms with Crippen LogP contribution in [-0.2, 0) is 0 Å². The molecule has 0 aliphatic heterocycles. The van der Waals surface area contributed by atoms with Gasteiger partial charge in [0.1, 0.15) is 0 Å². The van der Waals surface area contributed by atoms with Gasteiger partial charge in [0.25, 0.3) is 0 Å². The minimum atomic E-state index is 1.02. The standard InChI is InChI=1S/C21H38.C8H16.2C7H14.2C2H6/c1-16-10-12-19(13-11-16)18-7-5-8-20(15-14-18)21-9-4-3-6-17(21)2;1-8-6-4-2-3-5-7-8;2*1-7-5-3-2-4-6-7;2*1-2/h16-21H,3-15H2,1-2H3;8H,2-7H2,1H3;2*7H,2-6H2,1H3;2*1-2H3. The number of hydrogen-bond donors (Lipinski definition) is 0. The van der Waals surface area contributed by atoms with Crippen molar-refractivity contribution in [2.45, 2.75) is 249 Å². The van der Waals surface area contributed by atoms with Crippen LogP contribution in [0, 0.1) is 53.3 Å². The Morgan fingerprint density at radius 2 is 0.532 bits per heavy atom. The molecule has 6 rings (SSSR count). The van der Waals surface area contributed by atoms with Gasteiger partial charge in [0, 0.05) is 0 Å². The monoisotopic (exact) mass is 659 g/mol. The summed E-state index contributed by atoms with van der Waals surface area (Å²) in [7, 11) is 0. The van der Waals surface area contributed by atoms with Crippen molar-refractivity contribution in [1.82, 2.24) is 0 Å². The molecule has 4 unspecified atom stereocenters. The van der Waals surface area contributed by atoms with Crippen molar-refractivity contribution in [1.29, 1.82) is 0 Å². The summed E-state index contributed by atoms with van der Waals surface area (Å²) in [6.07, 6.45) is 43.9. The molecular formula is C47H94. The normalized spacial score (nSPS) is 32.6. The first-order chi connectivity index (χ1) is 22.9. The lowest BCUT2D eigenvalue weighted by Crippen LogP contribution is -2.25. The quantitative estimate of drug-likeness (QED) is 0.259. The van der Waals surface area contributed by atoms with Gasteiger partial charge in [0.2, 0.25) is 0 Å². The van der Waals surface area contributed by atoms with Crippen molar-refractivity contribution in [3.63, 3.8) is 0 Å². The van der Waals surface area contributed by atoms with Crippen LogP contribution in [0.4, 0.5) is 0 Å². The van der Waals surface area contributed by atoms with Crippen molar-refractivity contribution < 1.29 is 0 Å². The highest BCUT2D eigenvalue weighted by molar-refractivity contribution is 4.84. The first kappa shape index (κ1) is 45.0. The van der Waals surface area contributed by atoms with Gasteiger partial charge in [0.05, 0.1) is 0 Å². The lowest BCUT2D eigenvalue weighted by molar-refractivity contribution is 0.153. The van der Waals surface area contributed by atoms with Gasteiger partial charge >= 0.3 is 0 Å². The average Bonchev–Trinajstić information content (AvgIpc) is 3.51. The Hall–Kier alpha value is 0. The Labute approximate surface area is 301 Å². The van der Waals surface area contributed by atoms with E-state index < -0.39 is 0 Å². The molecule has 0 radical (unpaired) electrons. The zero-order valence-electron chi connectivity index (χ0n) is 34.7. The van der Waals surface area contributed by atoms with E-state index in [2.05, 4.69) is 34.6 Å². The highest BCUT2D eigenvalue weighted by atomic mass is 14.4. The summed E-state index contributed by atoms with van der Waals surface area (Å²) in [5.74, 6) is 9.51. The van der Waals surface area contributed by atoms with E-state index in [1.165, 1.54) is 135 Å². The van der Waals surface area contributed by atoms with Crippen LogP contribution in [0.25, 0.3) is 0 Å². The molecule has 282 valence electrons. The molecule has 0 N–H and O–H groups in total. The lowest BCUT2D eigenvalue weighted by atomic mass is 9.70. The molecule has 6 fully saturated rings. The second-order valence-corrected chi connectivity index (χ2v) is 17.6. The Bertz CT molecular complexity index is 606. The van der Waals surface area contributed by atoms with E-state index in [9.17, 15) is 0 Å². The first-order valence-corrected chi connectivity index (χ1v) is 22.9. The first-order valence-electron chi connectivity index (χ1n) is 22.9. The van der Waals surface area contributed by atoms with Crippen molar-refractivity contribution in [2.75, 3.05) is 0 Å². The molecule has 0 heteroatoms. The minimum Gasteiger partial charge on any atom is -0.0683 e. The largest absolute Gasteiger partial charge is 0.0683 e. The molecule has 0 heterocycles. The fourth-order valence-corrected chi connectivity index (χ4v) is 10.2. The zero-order valence-corrected chi connectivity index (χ0v) is 34.7. The Kier molecular flexibility index (Phi) is 28.5. The van der Waals surface area contributed by atoms with Crippen molar-refractivity contribution in [2.24, 2.45) is 53.3 Å². The Morgan fingerprint density at radius 3 is 0.979 bits per heavy atom. The molecule has 4 atom stereocenters. The molecule has 47 heavy (non-hydrogen) atoms. The van der Waals surface area contributed by atoms with Crippen LogP contribution < -0.4 is 0 Å². The van der Waals surface area contributed by atoms with Crippen LogP contribution in [0.5, 0.6) is 0 Å². The summed E-state index contributed by atoms with van der Waals surface area (Å²) in [4.78, 5) is 0. The van der Waals surface area contributed by atoms with Crippen LogP contribution in [0.2, 0.25) is 0 Å². The van der Waals surface area contributed by atoms with Crippen LogP contribution in [0.15, 0.2) is 0 Å². The molecule has 0 aromatic carbocycles. The van der Waals surface area contributed by atoms with Crippen molar-refractivity contribution >= 4 is 0 Å². The molecule has 0 amide bonds. The van der Waals surface area contributed by atoms with Gasteiger partial charge < -0.3 is 0 Å². The maximum Gasteiger partial charge on any atom is -0.0360 e. The Morgan fingerprint density at radius 1 is 0.234 bits per heavy atom. The lowest BCUT2D eigenvalue weighted by Gasteiger charge is -2.35. The van der Waals surface area contributed by atoms with Gasteiger partial charge in [-0.1, -0.05) is 216 Å². The summed E-state index contributed by atoms with van der Waals surface area (Å²) < 4.78 is 0. The third-order valence-corrected chi connectivity index (χ3v) is 13.5. The van der Waals surface area contributed by atoms with Gasteiger partial charge in [0.15, 0.2) is 0 Å². The second kappa shape index (κ2) is 29.7. The summed E-state index contributed by atoms with van der Waals surface area (Å²) in [6.45, 7) is 20.1. The summed E-state index contributed by atoms with van der Waals surface area (Å²) >= 11 is 0. The predicted molar refractivity (Wildman–Crippen MR) is 216 cm³/mol.